The average molecular weight is 403 g/mol. The van der Waals surface area contributed by atoms with Crippen LogP contribution >= 0.6 is 34.2 Å². The minimum Gasteiger partial charge on any atom is -0.497 e. The molecule has 0 fully saturated rings. The first-order valence-corrected chi connectivity index (χ1v) is 7.63. The van der Waals surface area contributed by atoms with Crippen LogP contribution in [0.25, 0.3) is 0 Å². The molecule has 0 heterocycles. The highest BCUT2D eigenvalue weighted by Gasteiger charge is 2.12. The lowest BCUT2D eigenvalue weighted by Gasteiger charge is -2.17. The van der Waals surface area contributed by atoms with Crippen LogP contribution in [0.15, 0.2) is 42.5 Å². The Kier molecular flexibility index (Phi) is 5.65. The molecule has 0 spiro atoms. The van der Waals surface area contributed by atoms with Gasteiger partial charge in [-0.15, -0.1) is 0 Å². The lowest BCUT2D eigenvalue weighted by Crippen LogP contribution is -2.29. The lowest BCUT2D eigenvalue weighted by molar-refractivity contribution is 0.414. The minimum atomic E-state index is 0.0107. The highest BCUT2D eigenvalue weighted by Crippen LogP contribution is 2.25. The summed E-state index contributed by atoms with van der Waals surface area (Å²) in [5.74, 6) is 6.53. The zero-order valence-electron chi connectivity index (χ0n) is 11.1. The molecule has 0 bridgehead atoms. The zero-order chi connectivity index (χ0) is 14.5. The summed E-state index contributed by atoms with van der Waals surface area (Å²) in [4.78, 5) is 0. The predicted octanol–water partition coefficient (Wildman–Crippen LogP) is 3.70. The number of nitrogens with two attached hydrogens (primary N) is 1. The topological polar surface area (TPSA) is 47.3 Å². The van der Waals surface area contributed by atoms with Gasteiger partial charge in [-0.2, -0.15) is 0 Å². The van der Waals surface area contributed by atoms with E-state index in [1.807, 2.05) is 36.4 Å². The van der Waals surface area contributed by atoms with Gasteiger partial charge in [0.2, 0.25) is 0 Å². The van der Waals surface area contributed by atoms with Crippen molar-refractivity contribution in [3.8, 4) is 5.75 Å². The fourth-order valence-electron chi connectivity index (χ4n) is 2.04. The Balaban J connectivity index is 2.21. The van der Waals surface area contributed by atoms with Gasteiger partial charge in [-0.3, -0.25) is 11.3 Å². The van der Waals surface area contributed by atoms with E-state index in [0.717, 1.165) is 31.9 Å². The van der Waals surface area contributed by atoms with Crippen LogP contribution in [0.5, 0.6) is 5.75 Å². The number of benzene rings is 2. The molecule has 1 atom stereocenters. The van der Waals surface area contributed by atoms with Gasteiger partial charge in [-0.05, 0) is 64.4 Å². The Morgan fingerprint density at radius 1 is 1.30 bits per heavy atom. The average Bonchev–Trinajstić information content (AvgIpc) is 2.48. The number of halogens is 2. The smallest absolute Gasteiger partial charge is 0.119 e. The van der Waals surface area contributed by atoms with Crippen molar-refractivity contribution < 1.29 is 4.74 Å². The first-order valence-electron chi connectivity index (χ1n) is 6.18. The molecule has 1 unspecified atom stereocenters. The van der Waals surface area contributed by atoms with E-state index in [1.165, 1.54) is 0 Å². The molecular formula is C15H16ClIN2O. The summed E-state index contributed by atoms with van der Waals surface area (Å²) in [6.07, 6.45) is 0.768. The van der Waals surface area contributed by atoms with Crippen LogP contribution in [0, 0.1) is 3.57 Å². The van der Waals surface area contributed by atoms with E-state index in [1.54, 1.807) is 7.11 Å². The van der Waals surface area contributed by atoms with E-state index in [-0.39, 0.29) is 6.04 Å². The van der Waals surface area contributed by atoms with Crippen LogP contribution in [0.3, 0.4) is 0 Å². The summed E-state index contributed by atoms with van der Waals surface area (Å²) in [7, 11) is 1.66. The van der Waals surface area contributed by atoms with Crippen molar-refractivity contribution in [2.45, 2.75) is 12.5 Å². The van der Waals surface area contributed by atoms with Gasteiger partial charge in [-0.1, -0.05) is 29.8 Å². The molecule has 0 saturated heterocycles. The molecule has 0 aromatic heterocycles. The van der Waals surface area contributed by atoms with Crippen LogP contribution in [0.1, 0.15) is 17.2 Å². The normalized spacial score (nSPS) is 12.2. The first kappa shape index (κ1) is 15.6. The van der Waals surface area contributed by atoms with Gasteiger partial charge in [0, 0.05) is 3.57 Å². The van der Waals surface area contributed by atoms with Crippen molar-refractivity contribution in [1.29, 1.82) is 0 Å². The van der Waals surface area contributed by atoms with Crippen LogP contribution in [0.4, 0.5) is 0 Å². The number of hydrogen-bond acceptors (Lipinski definition) is 3. The number of rotatable bonds is 5. The third-order valence-corrected chi connectivity index (χ3v) is 4.69. The third kappa shape index (κ3) is 3.85. The molecule has 3 N–H and O–H groups in total. The Hall–Kier alpha value is -0.820. The van der Waals surface area contributed by atoms with Crippen LogP contribution in [0.2, 0.25) is 5.02 Å². The van der Waals surface area contributed by atoms with Crippen molar-refractivity contribution in [2.75, 3.05) is 7.11 Å². The molecule has 0 saturated carbocycles. The van der Waals surface area contributed by atoms with Crippen LogP contribution in [-0.2, 0) is 6.42 Å². The van der Waals surface area contributed by atoms with E-state index in [4.69, 9.17) is 22.2 Å². The fraction of sp³-hybridized carbons (Fsp3) is 0.200. The molecular weight excluding hydrogens is 387 g/mol. The number of hydrazine groups is 1. The maximum absolute atomic E-state index is 6.17. The molecule has 0 aliphatic heterocycles. The highest BCUT2D eigenvalue weighted by atomic mass is 127. The van der Waals surface area contributed by atoms with Crippen molar-refractivity contribution in [1.82, 2.24) is 5.43 Å². The van der Waals surface area contributed by atoms with E-state index in [2.05, 4.69) is 34.1 Å². The molecule has 2 aromatic rings. The lowest BCUT2D eigenvalue weighted by atomic mass is 9.99. The Morgan fingerprint density at radius 2 is 2.10 bits per heavy atom. The fourth-order valence-corrected chi connectivity index (χ4v) is 2.56. The van der Waals surface area contributed by atoms with Crippen LogP contribution < -0.4 is 16.0 Å². The third-order valence-electron chi connectivity index (χ3n) is 3.12. The summed E-state index contributed by atoms with van der Waals surface area (Å²) >= 11 is 8.38. The van der Waals surface area contributed by atoms with E-state index in [9.17, 15) is 0 Å². The Labute approximate surface area is 137 Å². The number of ether oxygens (including phenoxy) is 1. The molecule has 0 aliphatic carbocycles. The maximum Gasteiger partial charge on any atom is 0.119 e. The second-order valence-corrected chi connectivity index (χ2v) is 6.02. The highest BCUT2D eigenvalue weighted by molar-refractivity contribution is 14.1. The van der Waals surface area contributed by atoms with Crippen LogP contribution in [-0.4, -0.2) is 7.11 Å². The van der Waals surface area contributed by atoms with Gasteiger partial charge in [0.05, 0.1) is 18.2 Å². The number of hydrogen-bond donors (Lipinski definition) is 2. The molecule has 5 heteroatoms. The van der Waals surface area contributed by atoms with Gasteiger partial charge in [0.1, 0.15) is 5.75 Å². The largest absolute Gasteiger partial charge is 0.497 e. The second-order valence-electron chi connectivity index (χ2n) is 4.45. The molecule has 0 amide bonds. The van der Waals surface area contributed by atoms with Gasteiger partial charge < -0.3 is 4.74 Å². The molecule has 2 rings (SSSR count). The number of nitrogens with one attached hydrogen (secondary N) is 1. The molecule has 2 aromatic carbocycles. The summed E-state index contributed by atoms with van der Waals surface area (Å²) < 4.78 is 6.27. The monoisotopic (exact) mass is 402 g/mol. The van der Waals surface area contributed by atoms with Gasteiger partial charge in [-0.25, -0.2) is 0 Å². The molecule has 0 aliphatic rings. The number of methoxy groups -OCH3 is 1. The van der Waals surface area contributed by atoms with Gasteiger partial charge in [0.15, 0.2) is 0 Å². The maximum atomic E-state index is 6.17. The van der Waals surface area contributed by atoms with Crippen molar-refractivity contribution in [3.63, 3.8) is 0 Å². The molecule has 20 heavy (non-hydrogen) atoms. The Bertz CT molecular complexity index is 592. The van der Waals surface area contributed by atoms with Crippen molar-refractivity contribution in [3.05, 3.63) is 62.2 Å². The predicted molar refractivity (Wildman–Crippen MR) is 90.9 cm³/mol. The molecule has 0 radical (unpaired) electrons. The summed E-state index contributed by atoms with van der Waals surface area (Å²) in [6, 6.07) is 14.0. The van der Waals surface area contributed by atoms with Crippen molar-refractivity contribution >= 4 is 34.2 Å². The van der Waals surface area contributed by atoms with Gasteiger partial charge in [0.25, 0.3) is 0 Å². The first-order chi connectivity index (χ1) is 9.63. The van der Waals surface area contributed by atoms with Gasteiger partial charge >= 0.3 is 0 Å². The minimum absolute atomic E-state index is 0.0107. The Morgan fingerprint density at radius 3 is 2.75 bits per heavy atom. The zero-order valence-corrected chi connectivity index (χ0v) is 14.0. The summed E-state index contributed by atoms with van der Waals surface area (Å²) in [5.41, 5.74) is 5.07. The van der Waals surface area contributed by atoms with E-state index < -0.39 is 0 Å². The SMILES string of the molecule is COc1cccc(CC(NN)c2ccc(I)c(Cl)c2)c1. The summed E-state index contributed by atoms with van der Waals surface area (Å²) in [5, 5.41) is 0.744. The van der Waals surface area contributed by atoms with E-state index >= 15 is 0 Å². The molecule has 106 valence electrons. The quantitative estimate of drug-likeness (QED) is 0.455. The van der Waals surface area contributed by atoms with E-state index in [0.29, 0.717) is 0 Å². The summed E-state index contributed by atoms with van der Waals surface area (Å²) in [6.45, 7) is 0. The standard InChI is InChI=1S/C15H16ClIN2O/c1-20-12-4-2-3-10(7-12)8-15(19-18)11-5-6-14(17)13(16)9-11/h2-7,9,15,19H,8,18H2,1H3. The van der Waals surface area contributed by atoms with Crippen molar-refractivity contribution in [2.24, 2.45) is 5.84 Å². The second kappa shape index (κ2) is 7.26. The molecule has 3 nitrogen and oxygen atoms in total.